The summed E-state index contributed by atoms with van der Waals surface area (Å²) in [5.74, 6) is -0.0336. The van der Waals surface area contributed by atoms with Gasteiger partial charge in [0.1, 0.15) is 0 Å². The third-order valence-corrected chi connectivity index (χ3v) is 1.04. The number of rotatable bonds is 2. The minimum absolute atomic E-state index is 0.0336. The van der Waals surface area contributed by atoms with Crippen LogP contribution in [0, 0.1) is 0 Å². The second-order valence-corrected chi connectivity index (χ2v) is 2.35. The lowest BCUT2D eigenvalue weighted by Gasteiger charge is -2.06. The van der Waals surface area contributed by atoms with E-state index in [-0.39, 0.29) is 5.91 Å². The van der Waals surface area contributed by atoms with Crippen LogP contribution in [0.15, 0.2) is 11.8 Å². The highest BCUT2D eigenvalue weighted by Gasteiger charge is 1.98. The lowest BCUT2D eigenvalue weighted by Crippen LogP contribution is -2.20. The molecule has 0 atom stereocenters. The van der Waals surface area contributed by atoms with Crippen LogP contribution < -0.4 is 5.32 Å². The van der Waals surface area contributed by atoms with Gasteiger partial charge in [-0.15, -0.1) is 0 Å². The molecule has 0 rings (SSSR count). The van der Waals surface area contributed by atoms with E-state index < -0.39 is 0 Å². The number of likely N-dealkylation sites (N-methyl/N-ethyl adjacent to an activating group) is 1. The van der Waals surface area contributed by atoms with Gasteiger partial charge in [-0.05, 0) is 6.92 Å². The minimum atomic E-state index is -0.0336. The van der Waals surface area contributed by atoms with Gasteiger partial charge < -0.3 is 10.2 Å². The quantitative estimate of drug-likeness (QED) is 0.558. The molecule has 0 bridgehead atoms. The molecule has 0 aliphatic carbocycles. The molecule has 0 heterocycles. The summed E-state index contributed by atoms with van der Waals surface area (Å²) in [6.45, 7) is 1.78. The lowest BCUT2D eigenvalue weighted by atomic mass is 10.3. The molecule has 1 N–H and O–H groups in total. The Morgan fingerprint density at radius 2 is 2.00 bits per heavy atom. The average molecular weight is 142 g/mol. The first-order valence-corrected chi connectivity index (χ1v) is 3.15. The molecule has 0 saturated heterocycles. The van der Waals surface area contributed by atoms with E-state index in [1.54, 1.807) is 20.2 Å². The van der Waals surface area contributed by atoms with Crippen molar-refractivity contribution in [3.63, 3.8) is 0 Å². The minimum Gasteiger partial charge on any atom is -0.383 e. The Hall–Kier alpha value is -0.990. The van der Waals surface area contributed by atoms with Gasteiger partial charge in [0.05, 0.1) is 0 Å². The number of hydrogen-bond acceptors (Lipinski definition) is 2. The van der Waals surface area contributed by atoms with Crippen molar-refractivity contribution in [3.05, 3.63) is 11.8 Å². The molecular formula is C7H14N2O. The van der Waals surface area contributed by atoms with E-state index >= 15 is 0 Å². The van der Waals surface area contributed by atoms with E-state index in [1.807, 2.05) is 19.0 Å². The van der Waals surface area contributed by atoms with Gasteiger partial charge in [-0.3, -0.25) is 4.79 Å². The number of hydrogen-bond donors (Lipinski definition) is 1. The van der Waals surface area contributed by atoms with E-state index in [9.17, 15) is 4.79 Å². The zero-order valence-corrected chi connectivity index (χ0v) is 6.93. The summed E-state index contributed by atoms with van der Waals surface area (Å²) >= 11 is 0. The molecule has 10 heavy (non-hydrogen) atoms. The molecule has 3 nitrogen and oxygen atoms in total. The van der Waals surface area contributed by atoms with Gasteiger partial charge in [-0.1, -0.05) is 0 Å². The molecule has 0 aliphatic heterocycles. The van der Waals surface area contributed by atoms with Crippen LogP contribution >= 0.6 is 0 Å². The smallest absolute Gasteiger partial charge is 0.248 e. The molecule has 1 amide bonds. The van der Waals surface area contributed by atoms with Crippen LogP contribution in [0.2, 0.25) is 0 Å². The van der Waals surface area contributed by atoms with Crippen LogP contribution in [0.5, 0.6) is 0 Å². The van der Waals surface area contributed by atoms with Crippen LogP contribution in [-0.4, -0.2) is 32.0 Å². The maximum Gasteiger partial charge on any atom is 0.248 e. The van der Waals surface area contributed by atoms with Crippen molar-refractivity contribution in [1.29, 1.82) is 0 Å². The number of amides is 1. The van der Waals surface area contributed by atoms with Crippen LogP contribution in [0.25, 0.3) is 0 Å². The van der Waals surface area contributed by atoms with Gasteiger partial charge in [0.2, 0.25) is 5.91 Å². The van der Waals surface area contributed by atoms with Crippen molar-refractivity contribution < 1.29 is 4.79 Å². The highest BCUT2D eigenvalue weighted by Crippen LogP contribution is 1.91. The Kier molecular flexibility index (Phi) is 3.54. The third-order valence-electron chi connectivity index (χ3n) is 1.04. The second-order valence-electron chi connectivity index (χ2n) is 2.35. The molecule has 0 fully saturated rings. The maximum absolute atomic E-state index is 10.8. The fraction of sp³-hybridized carbons (Fsp3) is 0.571. The zero-order chi connectivity index (χ0) is 8.15. The van der Waals surface area contributed by atoms with Crippen molar-refractivity contribution in [2.75, 3.05) is 21.1 Å². The van der Waals surface area contributed by atoms with Crippen molar-refractivity contribution in [3.8, 4) is 0 Å². The first-order valence-electron chi connectivity index (χ1n) is 3.15. The highest BCUT2D eigenvalue weighted by molar-refractivity contribution is 5.92. The highest BCUT2D eigenvalue weighted by atomic mass is 16.1. The molecule has 3 heteroatoms. The molecule has 0 radical (unpaired) electrons. The molecule has 0 aromatic rings. The van der Waals surface area contributed by atoms with Gasteiger partial charge in [-0.25, -0.2) is 0 Å². The summed E-state index contributed by atoms with van der Waals surface area (Å²) in [7, 11) is 5.38. The Labute approximate surface area is 61.7 Å². The maximum atomic E-state index is 10.8. The summed E-state index contributed by atoms with van der Waals surface area (Å²) in [6.07, 6.45) is 1.78. The van der Waals surface area contributed by atoms with E-state index in [1.165, 1.54) is 0 Å². The third kappa shape index (κ3) is 3.12. The summed E-state index contributed by atoms with van der Waals surface area (Å²) < 4.78 is 0. The molecule has 58 valence electrons. The van der Waals surface area contributed by atoms with Crippen LogP contribution in [0.4, 0.5) is 0 Å². The fourth-order valence-electron chi connectivity index (χ4n) is 0.643. The molecule has 0 aromatic carbocycles. The molecular weight excluding hydrogens is 128 g/mol. The van der Waals surface area contributed by atoms with Gasteiger partial charge in [-0.2, -0.15) is 0 Å². The molecule has 0 saturated carbocycles. The predicted molar refractivity (Wildman–Crippen MR) is 41.5 cm³/mol. The summed E-state index contributed by atoms with van der Waals surface area (Å²) in [5, 5.41) is 2.54. The first kappa shape index (κ1) is 9.01. The monoisotopic (exact) mass is 142 g/mol. The SMILES string of the molecule is CNC(=O)/C(C)=C/N(C)C. The van der Waals surface area contributed by atoms with Gasteiger partial charge in [0.15, 0.2) is 0 Å². The van der Waals surface area contributed by atoms with E-state index in [0.717, 1.165) is 0 Å². The molecule has 0 unspecified atom stereocenters. The normalized spacial score (nSPS) is 11.0. The largest absolute Gasteiger partial charge is 0.383 e. The van der Waals surface area contributed by atoms with Crippen molar-refractivity contribution >= 4 is 5.91 Å². The van der Waals surface area contributed by atoms with Gasteiger partial charge >= 0.3 is 0 Å². The average Bonchev–Trinajstić information content (AvgIpc) is 1.85. The fourth-order valence-corrected chi connectivity index (χ4v) is 0.643. The summed E-state index contributed by atoms with van der Waals surface area (Å²) in [5.41, 5.74) is 0.715. The number of carbonyl (C=O) groups is 1. The van der Waals surface area contributed by atoms with Crippen LogP contribution in [0.3, 0.4) is 0 Å². The van der Waals surface area contributed by atoms with Gasteiger partial charge in [0, 0.05) is 32.9 Å². The van der Waals surface area contributed by atoms with Crippen LogP contribution in [-0.2, 0) is 4.79 Å². The summed E-state index contributed by atoms with van der Waals surface area (Å²) in [4.78, 5) is 12.7. The first-order chi connectivity index (χ1) is 4.57. The van der Waals surface area contributed by atoms with Crippen molar-refractivity contribution in [2.45, 2.75) is 6.92 Å². The Balaban J connectivity index is 4.05. The number of carbonyl (C=O) groups excluding carboxylic acids is 1. The Morgan fingerprint density at radius 3 is 2.30 bits per heavy atom. The summed E-state index contributed by atoms with van der Waals surface area (Å²) in [6, 6.07) is 0. The Morgan fingerprint density at radius 1 is 1.50 bits per heavy atom. The standard InChI is InChI=1S/C7H14N2O/c1-6(5-9(3)4)7(10)8-2/h5H,1-4H3,(H,8,10)/b6-5+. The predicted octanol–water partition coefficient (Wildman–Crippen LogP) is 0.198. The van der Waals surface area contributed by atoms with Gasteiger partial charge in [0.25, 0.3) is 0 Å². The topological polar surface area (TPSA) is 32.3 Å². The molecule has 0 aliphatic rings. The number of nitrogens with one attached hydrogen (secondary N) is 1. The van der Waals surface area contributed by atoms with Crippen molar-refractivity contribution in [1.82, 2.24) is 10.2 Å². The van der Waals surface area contributed by atoms with E-state index in [4.69, 9.17) is 0 Å². The van der Waals surface area contributed by atoms with Crippen molar-refractivity contribution in [2.24, 2.45) is 0 Å². The molecule has 0 aromatic heterocycles. The molecule has 0 spiro atoms. The zero-order valence-electron chi connectivity index (χ0n) is 6.93. The van der Waals surface area contributed by atoms with E-state index in [0.29, 0.717) is 5.57 Å². The van der Waals surface area contributed by atoms with E-state index in [2.05, 4.69) is 5.32 Å². The Bertz CT molecular complexity index is 150. The lowest BCUT2D eigenvalue weighted by molar-refractivity contribution is -0.117. The second kappa shape index (κ2) is 3.93. The number of nitrogens with zero attached hydrogens (tertiary/aromatic N) is 1. The van der Waals surface area contributed by atoms with Crippen LogP contribution in [0.1, 0.15) is 6.92 Å².